The Labute approximate surface area is 193 Å². The third-order valence-corrected chi connectivity index (χ3v) is 5.97. The summed E-state index contributed by atoms with van der Waals surface area (Å²) >= 11 is 0. The Kier molecular flexibility index (Phi) is 6.90. The highest BCUT2D eigenvalue weighted by atomic mass is 16.3. The van der Waals surface area contributed by atoms with Crippen molar-refractivity contribution in [3.05, 3.63) is 90.0 Å². The Morgan fingerprint density at radius 3 is 2.09 bits per heavy atom. The molecule has 1 saturated heterocycles. The van der Waals surface area contributed by atoms with Gasteiger partial charge in [0.2, 0.25) is 0 Å². The first-order valence-corrected chi connectivity index (χ1v) is 11.1. The van der Waals surface area contributed by atoms with E-state index in [-0.39, 0.29) is 22.8 Å². The van der Waals surface area contributed by atoms with Crippen LogP contribution in [0.5, 0.6) is 5.75 Å². The first kappa shape index (κ1) is 22.4. The Balaban J connectivity index is 1.51. The minimum absolute atomic E-state index is 0.0967. The monoisotopic (exact) mass is 444 g/mol. The Morgan fingerprint density at radius 2 is 1.42 bits per heavy atom. The number of rotatable bonds is 7. The lowest BCUT2D eigenvalue weighted by atomic mass is 10.1. The molecule has 0 unspecified atom stereocenters. The summed E-state index contributed by atoms with van der Waals surface area (Å²) in [5.41, 5.74) is 7.70. The van der Waals surface area contributed by atoms with Gasteiger partial charge < -0.3 is 20.6 Å². The van der Waals surface area contributed by atoms with Crippen LogP contribution in [0.4, 0.5) is 11.4 Å². The number of carbonyl (C=O) groups excluding carboxylic acids is 2. The highest BCUT2D eigenvalue weighted by molar-refractivity contribution is 6.11. The van der Waals surface area contributed by atoms with Gasteiger partial charge in [0.15, 0.2) is 0 Å². The molecule has 7 heteroatoms. The number of primary amides is 1. The Bertz CT molecular complexity index is 1110. The van der Waals surface area contributed by atoms with Crippen molar-refractivity contribution in [2.24, 2.45) is 5.73 Å². The molecule has 7 nitrogen and oxygen atoms in total. The first-order valence-electron chi connectivity index (χ1n) is 11.1. The normalized spacial score (nSPS) is 14.1. The fraction of sp³-hybridized carbons (Fsp3) is 0.231. The summed E-state index contributed by atoms with van der Waals surface area (Å²) < 4.78 is 0. The Morgan fingerprint density at radius 1 is 0.818 bits per heavy atom. The third-order valence-electron chi connectivity index (χ3n) is 5.97. The summed E-state index contributed by atoms with van der Waals surface area (Å²) in [6, 6.07) is 23.6. The molecular formula is C26H28N4O3. The van der Waals surface area contributed by atoms with E-state index in [2.05, 4.69) is 21.9 Å². The van der Waals surface area contributed by atoms with E-state index in [1.54, 1.807) is 47.4 Å². The summed E-state index contributed by atoms with van der Waals surface area (Å²) in [5, 5.41) is 10.3. The van der Waals surface area contributed by atoms with Gasteiger partial charge in [0.25, 0.3) is 11.8 Å². The average molecular weight is 445 g/mol. The van der Waals surface area contributed by atoms with Gasteiger partial charge in [-0.2, -0.15) is 0 Å². The number of phenols is 1. The zero-order chi connectivity index (χ0) is 23.2. The highest BCUT2D eigenvalue weighted by Gasteiger charge is 2.25. The lowest BCUT2D eigenvalue weighted by molar-refractivity contribution is 0.0980. The van der Waals surface area contributed by atoms with E-state index >= 15 is 0 Å². The molecule has 4 rings (SSSR count). The molecule has 1 aliphatic heterocycles. The van der Waals surface area contributed by atoms with E-state index in [4.69, 9.17) is 5.73 Å². The van der Waals surface area contributed by atoms with Crippen molar-refractivity contribution < 1.29 is 14.7 Å². The largest absolute Gasteiger partial charge is 0.507 e. The number of aromatic hydroxyl groups is 1. The molecule has 0 atom stereocenters. The molecule has 0 spiro atoms. The molecule has 0 bridgehead atoms. The van der Waals surface area contributed by atoms with Crippen LogP contribution >= 0.6 is 0 Å². The second kappa shape index (κ2) is 10.2. The van der Waals surface area contributed by atoms with Crippen molar-refractivity contribution in [2.45, 2.75) is 0 Å². The van der Waals surface area contributed by atoms with Gasteiger partial charge in [-0.15, -0.1) is 0 Å². The SMILES string of the molecule is NC(=O)c1ccccc1N(CCN1CCN(c2ccccc2)CC1)C(=O)c1ccccc1O. The van der Waals surface area contributed by atoms with Crippen LogP contribution in [0.25, 0.3) is 0 Å². The average Bonchev–Trinajstić information content (AvgIpc) is 2.85. The third kappa shape index (κ3) is 5.15. The molecular weight excluding hydrogens is 416 g/mol. The van der Waals surface area contributed by atoms with Crippen LogP contribution in [0.1, 0.15) is 20.7 Å². The van der Waals surface area contributed by atoms with Gasteiger partial charge in [0.1, 0.15) is 5.75 Å². The van der Waals surface area contributed by atoms with Gasteiger partial charge in [0.05, 0.1) is 16.8 Å². The second-order valence-electron chi connectivity index (χ2n) is 8.02. The van der Waals surface area contributed by atoms with Crippen LogP contribution in [0.2, 0.25) is 0 Å². The predicted octanol–water partition coefficient (Wildman–Crippen LogP) is 2.96. The van der Waals surface area contributed by atoms with Gasteiger partial charge in [-0.1, -0.05) is 42.5 Å². The number of hydrogen-bond acceptors (Lipinski definition) is 5. The molecule has 2 amide bonds. The minimum Gasteiger partial charge on any atom is -0.507 e. The molecule has 1 heterocycles. The smallest absolute Gasteiger partial charge is 0.262 e. The van der Waals surface area contributed by atoms with E-state index in [1.165, 1.54) is 11.8 Å². The summed E-state index contributed by atoms with van der Waals surface area (Å²) in [5.74, 6) is -1.07. The zero-order valence-corrected chi connectivity index (χ0v) is 18.4. The number of nitrogens with two attached hydrogens (primary N) is 1. The van der Waals surface area contributed by atoms with Gasteiger partial charge in [0, 0.05) is 45.0 Å². The fourth-order valence-corrected chi connectivity index (χ4v) is 4.16. The maximum Gasteiger partial charge on any atom is 0.262 e. The fourth-order valence-electron chi connectivity index (χ4n) is 4.16. The van der Waals surface area contributed by atoms with E-state index < -0.39 is 5.91 Å². The number of benzene rings is 3. The summed E-state index contributed by atoms with van der Waals surface area (Å²) in [4.78, 5) is 31.7. The lowest BCUT2D eigenvalue weighted by Crippen LogP contribution is -2.49. The van der Waals surface area contributed by atoms with Crippen LogP contribution in [0, 0.1) is 0 Å². The molecule has 3 N–H and O–H groups in total. The summed E-state index contributed by atoms with van der Waals surface area (Å²) in [6.45, 7) is 4.53. The number of nitrogens with zero attached hydrogens (tertiary/aromatic N) is 3. The molecule has 0 aliphatic carbocycles. The van der Waals surface area contributed by atoms with Crippen molar-refractivity contribution in [1.29, 1.82) is 0 Å². The van der Waals surface area contributed by atoms with Gasteiger partial charge in [-0.05, 0) is 36.4 Å². The quantitative estimate of drug-likeness (QED) is 0.585. The van der Waals surface area contributed by atoms with E-state index in [9.17, 15) is 14.7 Å². The van der Waals surface area contributed by atoms with Gasteiger partial charge in [-0.3, -0.25) is 14.5 Å². The van der Waals surface area contributed by atoms with Crippen LogP contribution in [-0.4, -0.2) is 61.1 Å². The van der Waals surface area contributed by atoms with Crippen molar-refractivity contribution >= 4 is 23.2 Å². The van der Waals surface area contributed by atoms with Crippen LogP contribution < -0.4 is 15.5 Å². The number of piperazine rings is 1. The molecule has 1 aliphatic rings. The number of para-hydroxylation sites is 3. The molecule has 33 heavy (non-hydrogen) atoms. The number of carbonyl (C=O) groups is 2. The molecule has 3 aromatic carbocycles. The van der Waals surface area contributed by atoms with Crippen LogP contribution in [0.15, 0.2) is 78.9 Å². The van der Waals surface area contributed by atoms with Crippen LogP contribution in [0.3, 0.4) is 0 Å². The maximum absolute atomic E-state index is 13.4. The Hall–Kier alpha value is -3.84. The van der Waals surface area contributed by atoms with Crippen molar-refractivity contribution in [3.63, 3.8) is 0 Å². The van der Waals surface area contributed by atoms with Crippen molar-refractivity contribution in [1.82, 2.24) is 4.90 Å². The molecule has 170 valence electrons. The predicted molar refractivity (Wildman–Crippen MR) is 130 cm³/mol. The van der Waals surface area contributed by atoms with Gasteiger partial charge in [-0.25, -0.2) is 0 Å². The molecule has 1 fully saturated rings. The summed E-state index contributed by atoms with van der Waals surface area (Å²) in [7, 11) is 0. The lowest BCUT2D eigenvalue weighted by Gasteiger charge is -2.37. The number of anilines is 2. The number of amides is 2. The van der Waals surface area contributed by atoms with Crippen molar-refractivity contribution in [3.8, 4) is 5.75 Å². The zero-order valence-electron chi connectivity index (χ0n) is 18.4. The highest BCUT2D eigenvalue weighted by Crippen LogP contribution is 2.25. The maximum atomic E-state index is 13.4. The van der Waals surface area contributed by atoms with Crippen LogP contribution in [-0.2, 0) is 0 Å². The number of hydrogen-bond donors (Lipinski definition) is 2. The van der Waals surface area contributed by atoms with E-state index in [1.807, 2.05) is 18.2 Å². The standard InChI is InChI=1S/C26H28N4O3/c27-25(32)21-10-4-6-12-23(21)30(26(33)22-11-5-7-13-24(22)31)19-16-28-14-17-29(18-15-28)20-8-2-1-3-9-20/h1-13,31H,14-19H2,(H2,27,32). The second-order valence-corrected chi connectivity index (χ2v) is 8.02. The molecule has 3 aromatic rings. The van der Waals surface area contributed by atoms with Crippen molar-refractivity contribution in [2.75, 3.05) is 49.1 Å². The van der Waals surface area contributed by atoms with Gasteiger partial charge >= 0.3 is 0 Å². The molecule has 0 radical (unpaired) electrons. The minimum atomic E-state index is -0.600. The van der Waals surface area contributed by atoms with E-state index in [0.717, 1.165) is 26.2 Å². The summed E-state index contributed by atoms with van der Waals surface area (Å²) in [6.07, 6.45) is 0. The van der Waals surface area contributed by atoms with E-state index in [0.29, 0.717) is 18.8 Å². The molecule has 0 saturated carbocycles. The topological polar surface area (TPSA) is 90.1 Å². The number of phenolic OH excluding ortho intramolecular Hbond substituents is 1. The molecule has 0 aromatic heterocycles. The first-order chi connectivity index (χ1) is 16.0.